The first-order valence-electron chi connectivity index (χ1n) is 8.51. The van der Waals surface area contributed by atoms with Crippen LogP contribution < -0.4 is 10.0 Å². The van der Waals surface area contributed by atoms with Crippen molar-refractivity contribution in [2.45, 2.75) is 30.7 Å². The molecular formula is C18H21N3O4S. The van der Waals surface area contributed by atoms with Gasteiger partial charge in [0.15, 0.2) is 0 Å². The predicted molar refractivity (Wildman–Crippen MR) is 99.4 cm³/mol. The molecule has 2 N–H and O–H groups in total. The Morgan fingerprint density at radius 2 is 1.85 bits per heavy atom. The van der Waals surface area contributed by atoms with Crippen LogP contribution in [0, 0.1) is 16.0 Å². The molecule has 3 rings (SSSR count). The maximum atomic E-state index is 12.3. The van der Waals surface area contributed by atoms with Crippen molar-refractivity contribution in [3.05, 3.63) is 64.2 Å². The molecule has 0 atom stereocenters. The van der Waals surface area contributed by atoms with Crippen LogP contribution >= 0.6 is 0 Å². The quantitative estimate of drug-likeness (QED) is 0.545. The molecule has 8 heteroatoms. The lowest BCUT2D eigenvalue weighted by molar-refractivity contribution is -0.384. The fourth-order valence-corrected chi connectivity index (χ4v) is 3.84. The minimum Gasteiger partial charge on any atom is -0.379 e. The molecule has 2 aromatic carbocycles. The molecule has 0 heterocycles. The van der Waals surface area contributed by atoms with E-state index in [1.807, 2.05) is 0 Å². The van der Waals surface area contributed by atoms with Crippen molar-refractivity contribution in [3.63, 3.8) is 0 Å². The summed E-state index contributed by atoms with van der Waals surface area (Å²) in [6.07, 6.45) is 3.52. The van der Waals surface area contributed by atoms with Crippen LogP contribution in [-0.4, -0.2) is 19.9 Å². The molecule has 2 aromatic rings. The Morgan fingerprint density at radius 3 is 2.46 bits per heavy atom. The van der Waals surface area contributed by atoms with E-state index < -0.39 is 14.9 Å². The monoisotopic (exact) mass is 375 g/mol. The lowest BCUT2D eigenvalue weighted by Crippen LogP contribution is -2.23. The average molecular weight is 375 g/mol. The van der Waals surface area contributed by atoms with Gasteiger partial charge in [-0.15, -0.1) is 0 Å². The number of benzene rings is 2. The summed E-state index contributed by atoms with van der Waals surface area (Å²) in [5, 5.41) is 14.5. The molecule has 0 bridgehead atoms. The fraction of sp³-hybridized carbons (Fsp3) is 0.333. The van der Waals surface area contributed by atoms with E-state index in [4.69, 9.17) is 0 Å². The molecule has 0 amide bonds. The maximum absolute atomic E-state index is 12.3. The number of hydrogen-bond acceptors (Lipinski definition) is 5. The second-order valence-electron chi connectivity index (χ2n) is 6.42. The third-order valence-corrected chi connectivity index (χ3v) is 6.00. The van der Waals surface area contributed by atoms with Gasteiger partial charge in [0.2, 0.25) is 10.0 Å². The third kappa shape index (κ3) is 4.39. The molecule has 0 aromatic heterocycles. The molecule has 1 fully saturated rings. The number of rotatable bonds is 8. The van der Waals surface area contributed by atoms with Crippen molar-refractivity contribution < 1.29 is 13.3 Å². The smallest absolute Gasteiger partial charge is 0.292 e. The Hall–Kier alpha value is -2.45. The molecule has 1 aliphatic rings. The van der Waals surface area contributed by atoms with E-state index in [9.17, 15) is 18.5 Å². The first-order chi connectivity index (χ1) is 12.5. The van der Waals surface area contributed by atoms with E-state index in [0.29, 0.717) is 17.2 Å². The zero-order valence-electron chi connectivity index (χ0n) is 14.2. The lowest BCUT2D eigenvalue weighted by Gasteiger charge is -2.25. The Kier molecular flexibility index (Phi) is 5.53. The second-order valence-corrected chi connectivity index (χ2v) is 8.19. The molecule has 1 saturated carbocycles. The average Bonchev–Trinajstić information content (AvgIpc) is 2.60. The van der Waals surface area contributed by atoms with Gasteiger partial charge in [-0.2, -0.15) is 0 Å². The zero-order valence-corrected chi connectivity index (χ0v) is 15.0. The summed E-state index contributed by atoms with van der Waals surface area (Å²) in [7, 11) is -3.65. The molecule has 0 aliphatic heterocycles. The second kappa shape index (κ2) is 7.84. The van der Waals surface area contributed by atoms with Gasteiger partial charge < -0.3 is 5.32 Å². The van der Waals surface area contributed by atoms with Crippen LogP contribution in [-0.2, 0) is 16.6 Å². The number of nitrogens with zero attached hydrogens (tertiary/aromatic N) is 1. The molecule has 0 saturated heterocycles. The molecule has 26 heavy (non-hydrogen) atoms. The van der Waals surface area contributed by atoms with Gasteiger partial charge in [-0.05, 0) is 42.5 Å². The zero-order chi connectivity index (χ0) is 18.6. The summed E-state index contributed by atoms with van der Waals surface area (Å²) in [5.74, 6) is 0.576. The minimum absolute atomic E-state index is 0.0129. The predicted octanol–water partition coefficient (Wildman–Crippen LogP) is 3.29. The molecule has 1 aliphatic carbocycles. The standard InChI is InChI=1S/C18H21N3O4S/c22-21(23)18-11-15(9-10-17(18)19-12-14-5-4-6-14)13-20-26(24,25)16-7-2-1-3-8-16/h1-3,7-11,14,19-20H,4-6,12-13H2. The third-order valence-electron chi connectivity index (χ3n) is 4.58. The van der Waals surface area contributed by atoms with Gasteiger partial charge in [0.05, 0.1) is 9.82 Å². The first kappa shape index (κ1) is 18.3. The van der Waals surface area contributed by atoms with E-state index in [2.05, 4.69) is 10.0 Å². The maximum Gasteiger partial charge on any atom is 0.292 e. The normalized spacial score (nSPS) is 14.6. The van der Waals surface area contributed by atoms with Gasteiger partial charge in [0.25, 0.3) is 5.69 Å². The van der Waals surface area contributed by atoms with Gasteiger partial charge in [-0.3, -0.25) is 10.1 Å². The number of anilines is 1. The van der Waals surface area contributed by atoms with E-state index in [1.54, 1.807) is 30.3 Å². The summed E-state index contributed by atoms with van der Waals surface area (Å²) < 4.78 is 27.0. The van der Waals surface area contributed by atoms with Crippen LogP contribution in [0.2, 0.25) is 0 Å². The van der Waals surface area contributed by atoms with Crippen LogP contribution in [0.25, 0.3) is 0 Å². The van der Waals surface area contributed by atoms with Crippen molar-refractivity contribution >= 4 is 21.4 Å². The number of nitrogens with one attached hydrogen (secondary N) is 2. The minimum atomic E-state index is -3.65. The van der Waals surface area contributed by atoms with Gasteiger partial charge in [0, 0.05) is 19.2 Å². The molecule has 0 unspecified atom stereocenters. The van der Waals surface area contributed by atoms with Gasteiger partial charge in [0.1, 0.15) is 5.69 Å². The Bertz CT molecular complexity index is 881. The highest BCUT2D eigenvalue weighted by Gasteiger charge is 2.20. The van der Waals surface area contributed by atoms with Gasteiger partial charge >= 0.3 is 0 Å². The van der Waals surface area contributed by atoms with Crippen molar-refractivity contribution in [1.82, 2.24) is 4.72 Å². The molecular weight excluding hydrogens is 354 g/mol. The van der Waals surface area contributed by atoms with E-state index in [1.165, 1.54) is 24.6 Å². The molecule has 0 spiro atoms. The molecule has 0 radical (unpaired) electrons. The van der Waals surface area contributed by atoms with Crippen LogP contribution in [0.5, 0.6) is 0 Å². The summed E-state index contributed by atoms with van der Waals surface area (Å²) >= 11 is 0. The largest absolute Gasteiger partial charge is 0.379 e. The van der Waals surface area contributed by atoms with Crippen LogP contribution in [0.1, 0.15) is 24.8 Å². The highest BCUT2D eigenvalue weighted by molar-refractivity contribution is 7.89. The number of nitro groups is 1. The summed E-state index contributed by atoms with van der Waals surface area (Å²) in [6, 6.07) is 12.8. The number of hydrogen-bond donors (Lipinski definition) is 2. The van der Waals surface area contributed by atoms with Crippen LogP contribution in [0.4, 0.5) is 11.4 Å². The van der Waals surface area contributed by atoms with Crippen molar-refractivity contribution in [2.75, 3.05) is 11.9 Å². The van der Waals surface area contributed by atoms with Gasteiger partial charge in [-0.25, -0.2) is 13.1 Å². The van der Waals surface area contributed by atoms with Crippen LogP contribution in [0.3, 0.4) is 0 Å². The van der Waals surface area contributed by atoms with E-state index in [0.717, 1.165) is 19.4 Å². The Balaban J connectivity index is 1.70. The van der Waals surface area contributed by atoms with Crippen LogP contribution in [0.15, 0.2) is 53.4 Å². The van der Waals surface area contributed by atoms with Gasteiger partial charge in [-0.1, -0.05) is 30.7 Å². The number of sulfonamides is 1. The first-order valence-corrected chi connectivity index (χ1v) is 10.00. The SMILES string of the molecule is O=[N+]([O-])c1cc(CNS(=O)(=O)c2ccccc2)ccc1NCC1CCC1. The highest BCUT2D eigenvalue weighted by Crippen LogP contribution is 2.30. The van der Waals surface area contributed by atoms with E-state index in [-0.39, 0.29) is 17.1 Å². The highest BCUT2D eigenvalue weighted by atomic mass is 32.2. The lowest BCUT2D eigenvalue weighted by atomic mass is 9.85. The van der Waals surface area contributed by atoms with Crippen molar-refractivity contribution in [2.24, 2.45) is 5.92 Å². The number of nitro benzene ring substituents is 1. The summed E-state index contributed by atoms with van der Waals surface area (Å²) in [4.78, 5) is 11.1. The summed E-state index contributed by atoms with van der Waals surface area (Å²) in [6.45, 7) is 0.710. The topological polar surface area (TPSA) is 101 Å². The molecule has 7 nitrogen and oxygen atoms in total. The van der Waals surface area contributed by atoms with E-state index >= 15 is 0 Å². The fourth-order valence-electron chi connectivity index (χ4n) is 2.80. The van der Waals surface area contributed by atoms with Crippen molar-refractivity contribution in [3.8, 4) is 0 Å². The summed E-state index contributed by atoms with van der Waals surface area (Å²) in [5.41, 5.74) is 0.961. The Labute approximate surface area is 152 Å². The van der Waals surface area contributed by atoms with Crippen molar-refractivity contribution in [1.29, 1.82) is 0 Å². The molecule has 138 valence electrons. The Morgan fingerprint density at radius 1 is 1.12 bits per heavy atom.